The summed E-state index contributed by atoms with van der Waals surface area (Å²) in [4.78, 5) is 16.5. The maximum Gasteiger partial charge on any atom is 0.263 e. The number of nitriles is 1. The van der Waals surface area contributed by atoms with E-state index in [1.807, 2.05) is 19.1 Å². The molecular formula is C13H11N3OS. The van der Waals surface area contributed by atoms with Crippen LogP contribution in [0.1, 0.15) is 26.5 Å². The molecule has 0 bridgehead atoms. The van der Waals surface area contributed by atoms with Gasteiger partial charge in [-0.15, -0.1) is 11.3 Å². The quantitative estimate of drug-likeness (QED) is 0.917. The highest BCUT2D eigenvalue weighted by Gasteiger charge is 2.10. The van der Waals surface area contributed by atoms with Gasteiger partial charge in [-0.3, -0.25) is 4.79 Å². The molecule has 1 aromatic carbocycles. The van der Waals surface area contributed by atoms with Crippen LogP contribution in [0.5, 0.6) is 0 Å². The van der Waals surface area contributed by atoms with Gasteiger partial charge >= 0.3 is 0 Å². The minimum Gasteiger partial charge on any atom is -0.347 e. The number of aromatic nitrogens is 1. The smallest absolute Gasteiger partial charge is 0.263 e. The summed E-state index contributed by atoms with van der Waals surface area (Å²) in [6.45, 7) is 2.26. The molecule has 1 aromatic heterocycles. The summed E-state index contributed by atoms with van der Waals surface area (Å²) in [7, 11) is 0. The van der Waals surface area contributed by atoms with E-state index in [4.69, 9.17) is 5.26 Å². The number of benzene rings is 1. The molecule has 4 nitrogen and oxygen atoms in total. The van der Waals surface area contributed by atoms with E-state index in [0.717, 1.165) is 11.3 Å². The van der Waals surface area contributed by atoms with Gasteiger partial charge in [-0.1, -0.05) is 12.1 Å². The fourth-order valence-electron chi connectivity index (χ4n) is 1.48. The van der Waals surface area contributed by atoms with Gasteiger partial charge in [0.05, 0.1) is 22.8 Å². The molecule has 1 heterocycles. The summed E-state index contributed by atoms with van der Waals surface area (Å²) in [6.07, 6.45) is 0. The van der Waals surface area contributed by atoms with E-state index in [1.54, 1.807) is 17.6 Å². The van der Waals surface area contributed by atoms with Gasteiger partial charge in [-0.25, -0.2) is 4.98 Å². The van der Waals surface area contributed by atoms with E-state index in [9.17, 15) is 4.79 Å². The Morgan fingerprint density at radius 3 is 2.72 bits per heavy atom. The van der Waals surface area contributed by atoms with Gasteiger partial charge in [0, 0.05) is 6.54 Å². The number of thiazole rings is 1. The lowest BCUT2D eigenvalue weighted by Crippen LogP contribution is -2.22. The van der Waals surface area contributed by atoms with Crippen molar-refractivity contribution in [2.75, 3.05) is 0 Å². The van der Waals surface area contributed by atoms with Crippen molar-refractivity contribution in [2.24, 2.45) is 0 Å². The van der Waals surface area contributed by atoms with E-state index in [2.05, 4.69) is 16.4 Å². The SMILES string of the molecule is Cc1ncsc1C(=O)NCc1ccc(C#N)cc1. The molecule has 2 aromatic rings. The number of hydrogen-bond acceptors (Lipinski definition) is 4. The Labute approximate surface area is 109 Å². The van der Waals surface area contributed by atoms with E-state index in [-0.39, 0.29) is 5.91 Å². The molecule has 1 N–H and O–H groups in total. The monoisotopic (exact) mass is 257 g/mol. The lowest BCUT2D eigenvalue weighted by molar-refractivity contribution is 0.0954. The molecule has 0 spiro atoms. The molecule has 0 aliphatic carbocycles. The first-order valence-electron chi connectivity index (χ1n) is 5.38. The number of hydrogen-bond donors (Lipinski definition) is 1. The highest BCUT2D eigenvalue weighted by Crippen LogP contribution is 2.12. The van der Waals surface area contributed by atoms with Crippen molar-refractivity contribution in [1.29, 1.82) is 5.26 Å². The summed E-state index contributed by atoms with van der Waals surface area (Å²) >= 11 is 1.33. The molecule has 0 radical (unpaired) electrons. The third-order valence-corrected chi connectivity index (χ3v) is 3.42. The van der Waals surface area contributed by atoms with Gasteiger partial charge in [0.25, 0.3) is 5.91 Å². The van der Waals surface area contributed by atoms with Crippen LogP contribution in [0.4, 0.5) is 0 Å². The van der Waals surface area contributed by atoms with E-state index in [1.165, 1.54) is 11.3 Å². The van der Waals surface area contributed by atoms with Crippen LogP contribution >= 0.6 is 11.3 Å². The van der Waals surface area contributed by atoms with Crippen molar-refractivity contribution < 1.29 is 4.79 Å². The highest BCUT2D eigenvalue weighted by atomic mass is 32.1. The molecule has 0 unspecified atom stereocenters. The summed E-state index contributed by atoms with van der Waals surface area (Å²) in [5, 5.41) is 11.5. The minimum absolute atomic E-state index is 0.112. The highest BCUT2D eigenvalue weighted by molar-refractivity contribution is 7.11. The fourth-order valence-corrected chi connectivity index (χ4v) is 2.20. The van der Waals surface area contributed by atoms with E-state index >= 15 is 0 Å². The zero-order valence-corrected chi connectivity index (χ0v) is 10.6. The predicted octanol–water partition coefficient (Wildman–Crippen LogP) is 2.25. The molecule has 0 atom stereocenters. The molecule has 0 saturated heterocycles. The van der Waals surface area contributed by atoms with Crippen LogP contribution in [0.2, 0.25) is 0 Å². The second kappa shape index (κ2) is 5.43. The van der Waals surface area contributed by atoms with Crippen LogP contribution < -0.4 is 5.32 Å². The fraction of sp³-hybridized carbons (Fsp3) is 0.154. The summed E-state index contributed by atoms with van der Waals surface area (Å²) in [5.41, 5.74) is 3.98. The summed E-state index contributed by atoms with van der Waals surface area (Å²) in [6, 6.07) is 9.19. The molecule has 90 valence electrons. The number of nitrogens with zero attached hydrogens (tertiary/aromatic N) is 2. The Bertz CT molecular complexity index is 595. The van der Waals surface area contributed by atoms with Crippen molar-refractivity contribution in [1.82, 2.24) is 10.3 Å². The van der Waals surface area contributed by atoms with Gasteiger partial charge in [0.2, 0.25) is 0 Å². The number of carbonyl (C=O) groups is 1. The third-order valence-electron chi connectivity index (χ3n) is 2.49. The second-order valence-electron chi connectivity index (χ2n) is 3.76. The average Bonchev–Trinajstić information content (AvgIpc) is 2.83. The zero-order valence-electron chi connectivity index (χ0n) is 9.80. The number of amides is 1. The Balaban J connectivity index is 1.97. The Morgan fingerprint density at radius 2 is 2.17 bits per heavy atom. The number of carbonyl (C=O) groups excluding carboxylic acids is 1. The molecule has 18 heavy (non-hydrogen) atoms. The van der Waals surface area contributed by atoms with Crippen molar-refractivity contribution >= 4 is 17.2 Å². The molecule has 0 aliphatic heterocycles. The van der Waals surface area contributed by atoms with Gasteiger partial charge in [-0.05, 0) is 24.6 Å². The summed E-state index contributed by atoms with van der Waals surface area (Å²) in [5.74, 6) is -0.112. The molecule has 2 rings (SSSR count). The van der Waals surface area contributed by atoms with Crippen LogP contribution in [0.15, 0.2) is 29.8 Å². The first-order chi connectivity index (χ1) is 8.70. The molecule has 0 aliphatic rings. The third kappa shape index (κ3) is 2.73. The Morgan fingerprint density at radius 1 is 1.44 bits per heavy atom. The maximum absolute atomic E-state index is 11.8. The van der Waals surface area contributed by atoms with Gasteiger partial charge < -0.3 is 5.32 Å². The topological polar surface area (TPSA) is 65.8 Å². The lowest BCUT2D eigenvalue weighted by atomic mass is 10.1. The largest absolute Gasteiger partial charge is 0.347 e. The Hall–Kier alpha value is -2.19. The second-order valence-corrected chi connectivity index (χ2v) is 4.61. The van der Waals surface area contributed by atoms with Crippen LogP contribution in [0.25, 0.3) is 0 Å². The van der Waals surface area contributed by atoms with Crippen molar-refractivity contribution in [3.8, 4) is 6.07 Å². The molecular weight excluding hydrogens is 246 g/mol. The molecule has 5 heteroatoms. The van der Waals surface area contributed by atoms with Gasteiger partial charge in [0.1, 0.15) is 4.88 Å². The van der Waals surface area contributed by atoms with Crippen LogP contribution in [-0.2, 0) is 6.54 Å². The van der Waals surface area contributed by atoms with Crippen LogP contribution in [-0.4, -0.2) is 10.9 Å². The maximum atomic E-state index is 11.8. The number of nitrogens with one attached hydrogen (secondary N) is 1. The lowest BCUT2D eigenvalue weighted by Gasteiger charge is -2.04. The van der Waals surface area contributed by atoms with Crippen molar-refractivity contribution in [3.05, 3.63) is 51.5 Å². The number of rotatable bonds is 3. The van der Waals surface area contributed by atoms with E-state index in [0.29, 0.717) is 17.0 Å². The Kier molecular flexibility index (Phi) is 3.70. The molecule has 0 saturated carbocycles. The first kappa shape index (κ1) is 12.3. The predicted molar refractivity (Wildman–Crippen MR) is 69.2 cm³/mol. The van der Waals surface area contributed by atoms with Gasteiger partial charge in [-0.2, -0.15) is 5.26 Å². The van der Waals surface area contributed by atoms with Crippen LogP contribution in [0.3, 0.4) is 0 Å². The molecule has 0 fully saturated rings. The average molecular weight is 257 g/mol. The standard InChI is InChI=1S/C13H11N3OS/c1-9-12(18-8-16-9)13(17)15-7-11-4-2-10(6-14)3-5-11/h2-5,8H,7H2,1H3,(H,15,17). The van der Waals surface area contributed by atoms with E-state index < -0.39 is 0 Å². The first-order valence-corrected chi connectivity index (χ1v) is 6.26. The normalized spacial score (nSPS) is 9.78. The van der Waals surface area contributed by atoms with Crippen molar-refractivity contribution in [2.45, 2.75) is 13.5 Å². The summed E-state index contributed by atoms with van der Waals surface area (Å²) < 4.78 is 0. The van der Waals surface area contributed by atoms with Crippen LogP contribution in [0, 0.1) is 18.3 Å². The zero-order chi connectivity index (χ0) is 13.0. The van der Waals surface area contributed by atoms with Crippen molar-refractivity contribution in [3.63, 3.8) is 0 Å². The van der Waals surface area contributed by atoms with Gasteiger partial charge in [0.15, 0.2) is 0 Å². The number of aryl methyl sites for hydroxylation is 1. The minimum atomic E-state index is -0.112. The molecule has 1 amide bonds.